The number of aromatic nitrogens is 1. The Morgan fingerprint density at radius 2 is 2.42 bits per heavy atom. The molecule has 6 heteroatoms. The molecule has 0 aromatic carbocycles. The molecule has 0 spiro atoms. The molecule has 1 aromatic rings. The minimum absolute atomic E-state index is 0.422. The van der Waals surface area contributed by atoms with E-state index < -0.39 is 0 Å². The summed E-state index contributed by atoms with van der Waals surface area (Å²) in [6.45, 7) is 1.37. The highest BCUT2D eigenvalue weighted by Gasteiger charge is 2.16. The molecular formula is C13H19ClN4O. The van der Waals surface area contributed by atoms with Crippen LogP contribution in [-0.2, 0) is 6.54 Å². The number of nitrogens with one attached hydrogen (secondary N) is 1. The molecule has 2 rings (SSSR count). The summed E-state index contributed by atoms with van der Waals surface area (Å²) in [5, 5.41) is 3.62. The molecule has 104 valence electrons. The summed E-state index contributed by atoms with van der Waals surface area (Å²) in [5.41, 5.74) is 6.71. The summed E-state index contributed by atoms with van der Waals surface area (Å²) in [4.78, 5) is 8.35. The van der Waals surface area contributed by atoms with Crippen LogP contribution < -0.4 is 15.8 Å². The number of rotatable bonds is 5. The predicted molar refractivity (Wildman–Crippen MR) is 76.5 cm³/mol. The van der Waals surface area contributed by atoms with Gasteiger partial charge >= 0.3 is 0 Å². The fraction of sp³-hybridized carbons (Fsp3) is 0.538. The first kappa shape index (κ1) is 13.9. The zero-order valence-corrected chi connectivity index (χ0v) is 11.8. The van der Waals surface area contributed by atoms with Gasteiger partial charge in [0, 0.05) is 12.7 Å². The Labute approximate surface area is 118 Å². The summed E-state index contributed by atoms with van der Waals surface area (Å²) in [7, 11) is 1.54. The molecular weight excluding hydrogens is 264 g/mol. The van der Waals surface area contributed by atoms with Gasteiger partial charge in [-0.25, -0.2) is 9.98 Å². The van der Waals surface area contributed by atoms with E-state index in [0.29, 0.717) is 23.4 Å². The Morgan fingerprint density at radius 1 is 1.63 bits per heavy atom. The molecule has 0 aliphatic heterocycles. The van der Waals surface area contributed by atoms with E-state index in [0.717, 1.165) is 18.0 Å². The maximum absolute atomic E-state index is 5.99. The molecule has 1 aliphatic rings. The fourth-order valence-corrected chi connectivity index (χ4v) is 2.15. The lowest BCUT2D eigenvalue weighted by atomic mass is 9.85. The van der Waals surface area contributed by atoms with E-state index in [4.69, 9.17) is 22.1 Å². The molecule has 0 atom stereocenters. The Balaban J connectivity index is 1.84. The Hall–Kier alpha value is -1.49. The van der Waals surface area contributed by atoms with Gasteiger partial charge in [-0.15, -0.1) is 0 Å². The maximum atomic E-state index is 5.99. The normalized spacial score (nSPS) is 16.0. The van der Waals surface area contributed by atoms with Crippen molar-refractivity contribution in [2.24, 2.45) is 16.6 Å². The van der Waals surface area contributed by atoms with Crippen LogP contribution in [0.3, 0.4) is 0 Å². The first-order valence-corrected chi connectivity index (χ1v) is 6.79. The molecule has 0 saturated heterocycles. The fourth-order valence-electron chi connectivity index (χ4n) is 1.88. The van der Waals surface area contributed by atoms with Gasteiger partial charge in [0.2, 0.25) is 5.88 Å². The zero-order chi connectivity index (χ0) is 13.7. The van der Waals surface area contributed by atoms with Crippen molar-refractivity contribution >= 4 is 17.6 Å². The van der Waals surface area contributed by atoms with Crippen LogP contribution >= 0.6 is 11.6 Å². The molecule has 1 heterocycles. The number of nitrogens with two attached hydrogens (primary N) is 1. The highest BCUT2D eigenvalue weighted by Crippen LogP contribution is 2.25. The molecule has 1 aromatic heterocycles. The van der Waals surface area contributed by atoms with Gasteiger partial charge in [0.25, 0.3) is 0 Å². The zero-order valence-electron chi connectivity index (χ0n) is 11.0. The third-order valence-corrected chi connectivity index (χ3v) is 3.56. The Kier molecular flexibility index (Phi) is 4.85. The van der Waals surface area contributed by atoms with Crippen LogP contribution in [0.2, 0.25) is 5.02 Å². The second kappa shape index (κ2) is 6.61. The van der Waals surface area contributed by atoms with E-state index >= 15 is 0 Å². The Bertz CT molecular complexity index is 460. The molecule has 3 N–H and O–H groups in total. The van der Waals surface area contributed by atoms with Crippen LogP contribution in [0.5, 0.6) is 5.88 Å². The summed E-state index contributed by atoms with van der Waals surface area (Å²) in [6.07, 6.45) is 5.60. The SMILES string of the molecule is COc1ncc(CN=C(N)NCC2CCC2)cc1Cl. The smallest absolute Gasteiger partial charge is 0.232 e. The number of halogens is 1. The molecule has 0 radical (unpaired) electrons. The maximum Gasteiger partial charge on any atom is 0.232 e. The minimum atomic E-state index is 0.422. The van der Waals surface area contributed by atoms with Gasteiger partial charge in [0.1, 0.15) is 5.02 Å². The average Bonchev–Trinajstić information content (AvgIpc) is 2.34. The van der Waals surface area contributed by atoms with Gasteiger partial charge in [-0.05, 0) is 30.4 Å². The monoisotopic (exact) mass is 282 g/mol. The number of nitrogens with zero attached hydrogens (tertiary/aromatic N) is 2. The van der Waals surface area contributed by atoms with Crippen molar-refractivity contribution in [2.75, 3.05) is 13.7 Å². The van der Waals surface area contributed by atoms with E-state index in [1.54, 1.807) is 12.3 Å². The van der Waals surface area contributed by atoms with Gasteiger partial charge < -0.3 is 15.8 Å². The first-order chi connectivity index (χ1) is 9.19. The Morgan fingerprint density at radius 3 is 3.00 bits per heavy atom. The largest absolute Gasteiger partial charge is 0.480 e. The summed E-state index contributed by atoms with van der Waals surface area (Å²) < 4.78 is 4.99. The summed E-state index contributed by atoms with van der Waals surface area (Å²) in [6, 6.07) is 1.79. The van der Waals surface area contributed by atoms with Crippen molar-refractivity contribution in [1.29, 1.82) is 0 Å². The molecule has 5 nitrogen and oxygen atoms in total. The minimum Gasteiger partial charge on any atom is -0.480 e. The third-order valence-electron chi connectivity index (χ3n) is 3.29. The van der Waals surface area contributed by atoms with Gasteiger partial charge in [0.15, 0.2) is 5.96 Å². The van der Waals surface area contributed by atoms with Crippen LogP contribution in [0.25, 0.3) is 0 Å². The number of hydrogen-bond donors (Lipinski definition) is 2. The molecule has 0 bridgehead atoms. The molecule has 1 aliphatic carbocycles. The van der Waals surface area contributed by atoms with Gasteiger partial charge in [0.05, 0.1) is 13.7 Å². The number of hydrogen-bond acceptors (Lipinski definition) is 3. The lowest BCUT2D eigenvalue weighted by Crippen LogP contribution is -2.37. The number of ether oxygens (including phenoxy) is 1. The van der Waals surface area contributed by atoms with Crippen molar-refractivity contribution in [3.63, 3.8) is 0 Å². The predicted octanol–water partition coefficient (Wildman–Crippen LogP) is 1.95. The molecule has 1 saturated carbocycles. The number of methoxy groups -OCH3 is 1. The van der Waals surface area contributed by atoms with Crippen LogP contribution in [0, 0.1) is 5.92 Å². The van der Waals surface area contributed by atoms with Crippen molar-refractivity contribution in [2.45, 2.75) is 25.8 Å². The van der Waals surface area contributed by atoms with E-state index in [1.165, 1.54) is 26.4 Å². The van der Waals surface area contributed by atoms with Gasteiger partial charge in [-0.1, -0.05) is 18.0 Å². The number of pyridine rings is 1. The molecule has 19 heavy (non-hydrogen) atoms. The number of guanidine groups is 1. The highest BCUT2D eigenvalue weighted by atomic mass is 35.5. The number of aliphatic imine (C=N–C) groups is 1. The summed E-state index contributed by atoms with van der Waals surface area (Å²) >= 11 is 5.99. The van der Waals surface area contributed by atoms with Crippen molar-refractivity contribution in [3.05, 3.63) is 22.8 Å². The van der Waals surface area contributed by atoms with Crippen LogP contribution in [0.15, 0.2) is 17.3 Å². The second-order valence-electron chi connectivity index (χ2n) is 4.71. The van der Waals surface area contributed by atoms with Crippen molar-refractivity contribution in [3.8, 4) is 5.88 Å². The third kappa shape index (κ3) is 3.99. The highest BCUT2D eigenvalue weighted by molar-refractivity contribution is 6.31. The van der Waals surface area contributed by atoms with Gasteiger partial charge in [-0.3, -0.25) is 0 Å². The topological polar surface area (TPSA) is 72.5 Å². The lowest BCUT2D eigenvalue weighted by Gasteiger charge is -2.25. The summed E-state index contributed by atoms with van der Waals surface area (Å²) in [5.74, 6) is 1.65. The van der Waals surface area contributed by atoms with E-state index in [1.807, 2.05) is 0 Å². The average molecular weight is 283 g/mol. The first-order valence-electron chi connectivity index (χ1n) is 6.41. The van der Waals surface area contributed by atoms with Crippen LogP contribution in [0.1, 0.15) is 24.8 Å². The second-order valence-corrected chi connectivity index (χ2v) is 5.12. The van der Waals surface area contributed by atoms with E-state index in [9.17, 15) is 0 Å². The van der Waals surface area contributed by atoms with Crippen molar-refractivity contribution in [1.82, 2.24) is 10.3 Å². The van der Waals surface area contributed by atoms with Crippen LogP contribution in [-0.4, -0.2) is 24.6 Å². The lowest BCUT2D eigenvalue weighted by molar-refractivity contribution is 0.315. The standard InChI is InChI=1S/C13H19ClN4O/c1-19-12-11(14)5-10(7-16-12)8-18-13(15)17-6-9-3-2-4-9/h5,7,9H,2-4,6,8H2,1H3,(H3,15,17,18). The van der Waals surface area contributed by atoms with Crippen LogP contribution in [0.4, 0.5) is 0 Å². The van der Waals surface area contributed by atoms with E-state index in [2.05, 4.69) is 15.3 Å². The van der Waals surface area contributed by atoms with E-state index in [-0.39, 0.29) is 0 Å². The molecule has 1 fully saturated rings. The van der Waals surface area contributed by atoms with Crippen molar-refractivity contribution < 1.29 is 4.74 Å². The van der Waals surface area contributed by atoms with Gasteiger partial charge in [-0.2, -0.15) is 0 Å². The molecule has 0 amide bonds. The quantitative estimate of drug-likeness (QED) is 0.639. The molecule has 0 unspecified atom stereocenters.